The number of aryl methyl sites for hydroxylation is 1. The SMILES string of the molecule is CCc1cnc(CCNC(=NC)NCc2ccc(CN3CCCCC3)cc2)s1. The van der Waals surface area contributed by atoms with Crippen LogP contribution in [0.3, 0.4) is 0 Å². The lowest BCUT2D eigenvalue weighted by atomic mass is 10.1. The summed E-state index contributed by atoms with van der Waals surface area (Å²) in [7, 11) is 1.82. The molecule has 1 saturated heterocycles. The molecule has 0 bridgehead atoms. The van der Waals surface area contributed by atoms with E-state index in [1.807, 2.05) is 13.2 Å². The minimum atomic E-state index is 0.779. The summed E-state index contributed by atoms with van der Waals surface area (Å²) in [5.41, 5.74) is 2.68. The molecule has 1 aromatic carbocycles. The summed E-state index contributed by atoms with van der Waals surface area (Å²) in [6, 6.07) is 8.97. The van der Waals surface area contributed by atoms with Gasteiger partial charge < -0.3 is 10.6 Å². The Bertz CT molecular complexity index is 732. The van der Waals surface area contributed by atoms with E-state index in [0.29, 0.717) is 0 Å². The molecule has 2 N–H and O–H groups in total. The van der Waals surface area contributed by atoms with Crippen molar-refractivity contribution in [2.24, 2.45) is 4.99 Å². The predicted octanol–water partition coefficient (Wildman–Crippen LogP) is 3.60. The van der Waals surface area contributed by atoms with E-state index >= 15 is 0 Å². The van der Waals surface area contributed by atoms with Crippen molar-refractivity contribution in [1.29, 1.82) is 0 Å². The molecule has 3 rings (SSSR count). The smallest absolute Gasteiger partial charge is 0.191 e. The van der Waals surface area contributed by atoms with Crippen LogP contribution >= 0.6 is 11.3 Å². The Morgan fingerprint density at radius 3 is 2.54 bits per heavy atom. The van der Waals surface area contributed by atoms with Crippen LogP contribution in [0.4, 0.5) is 0 Å². The van der Waals surface area contributed by atoms with Crippen molar-refractivity contribution in [2.45, 2.75) is 52.1 Å². The van der Waals surface area contributed by atoms with Gasteiger partial charge in [-0.05, 0) is 43.5 Å². The van der Waals surface area contributed by atoms with Crippen LogP contribution in [0.15, 0.2) is 35.5 Å². The van der Waals surface area contributed by atoms with E-state index in [0.717, 1.165) is 38.4 Å². The molecular weight excluding hydrogens is 366 g/mol. The molecule has 2 heterocycles. The fourth-order valence-electron chi connectivity index (χ4n) is 3.46. The molecule has 2 aromatic rings. The number of hydrogen-bond donors (Lipinski definition) is 2. The molecule has 0 saturated carbocycles. The van der Waals surface area contributed by atoms with Crippen molar-refractivity contribution in [3.8, 4) is 0 Å². The standard InChI is InChI=1S/C22H33N5S/c1-3-20-16-25-21(28-20)11-12-24-22(23-2)26-15-18-7-9-19(10-8-18)17-27-13-5-4-6-14-27/h7-10,16H,3-6,11-15,17H2,1-2H3,(H2,23,24,26). The second kappa shape index (κ2) is 11.2. The molecule has 0 radical (unpaired) electrons. The number of aliphatic imine (C=N–C) groups is 1. The molecule has 0 unspecified atom stereocenters. The molecule has 28 heavy (non-hydrogen) atoms. The van der Waals surface area contributed by atoms with Crippen molar-refractivity contribution >= 4 is 17.3 Å². The van der Waals surface area contributed by atoms with E-state index in [2.05, 4.69) is 56.7 Å². The molecular formula is C22H33N5S. The number of guanidine groups is 1. The van der Waals surface area contributed by atoms with Gasteiger partial charge in [0.2, 0.25) is 0 Å². The first-order chi connectivity index (χ1) is 13.8. The van der Waals surface area contributed by atoms with Gasteiger partial charge in [-0.15, -0.1) is 11.3 Å². The first-order valence-corrected chi connectivity index (χ1v) is 11.3. The van der Waals surface area contributed by atoms with Gasteiger partial charge in [0.15, 0.2) is 5.96 Å². The molecule has 0 spiro atoms. The Hall–Kier alpha value is -1.92. The monoisotopic (exact) mass is 399 g/mol. The molecule has 152 valence electrons. The quantitative estimate of drug-likeness (QED) is 0.526. The van der Waals surface area contributed by atoms with Gasteiger partial charge in [-0.3, -0.25) is 9.89 Å². The fraction of sp³-hybridized carbons (Fsp3) is 0.545. The number of rotatable bonds is 8. The van der Waals surface area contributed by atoms with Crippen molar-refractivity contribution < 1.29 is 0 Å². The van der Waals surface area contributed by atoms with Crippen molar-refractivity contribution in [2.75, 3.05) is 26.7 Å². The molecule has 0 amide bonds. The average molecular weight is 400 g/mol. The van der Waals surface area contributed by atoms with Gasteiger partial charge in [-0.1, -0.05) is 37.6 Å². The maximum absolute atomic E-state index is 4.47. The Labute approximate surface area is 173 Å². The number of thiazole rings is 1. The van der Waals surface area contributed by atoms with Gasteiger partial charge in [0.1, 0.15) is 0 Å². The van der Waals surface area contributed by atoms with E-state index in [1.54, 1.807) is 11.3 Å². The van der Waals surface area contributed by atoms with Crippen molar-refractivity contribution in [1.82, 2.24) is 20.5 Å². The van der Waals surface area contributed by atoms with Crippen LogP contribution in [-0.4, -0.2) is 42.5 Å². The molecule has 0 aliphatic carbocycles. The fourth-order valence-corrected chi connectivity index (χ4v) is 4.32. The number of nitrogens with zero attached hydrogens (tertiary/aromatic N) is 3. The third kappa shape index (κ3) is 6.60. The molecule has 1 aliphatic heterocycles. The Balaban J connectivity index is 1.39. The summed E-state index contributed by atoms with van der Waals surface area (Å²) in [4.78, 5) is 12.7. The lowest BCUT2D eigenvalue weighted by Crippen LogP contribution is -2.37. The van der Waals surface area contributed by atoms with Gasteiger partial charge >= 0.3 is 0 Å². The Morgan fingerprint density at radius 2 is 1.86 bits per heavy atom. The third-order valence-electron chi connectivity index (χ3n) is 5.14. The van der Waals surface area contributed by atoms with E-state index in [1.165, 1.54) is 53.4 Å². The number of piperidine rings is 1. The average Bonchev–Trinajstić information content (AvgIpc) is 3.20. The van der Waals surface area contributed by atoms with Crippen molar-refractivity contribution in [3.63, 3.8) is 0 Å². The summed E-state index contributed by atoms with van der Waals surface area (Å²) >= 11 is 1.80. The van der Waals surface area contributed by atoms with E-state index in [-0.39, 0.29) is 0 Å². The predicted molar refractivity (Wildman–Crippen MR) is 119 cm³/mol. The number of likely N-dealkylation sites (tertiary alicyclic amines) is 1. The molecule has 1 aliphatic rings. The Kier molecular flexibility index (Phi) is 8.30. The summed E-state index contributed by atoms with van der Waals surface area (Å²) in [6.45, 7) is 7.35. The summed E-state index contributed by atoms with van der Waals surface area (Å²) in [6.07, 6.45) is 8.05. The number of aromatic nitrogens is 1. The van der Waals surface area contributed by atoms with Crippen LogP contribution in [0.5, 0.6) is 0 Å². The summed E-state index contributed by atoms with van der Waals surface area (Å²) in [5, 5.41) is 7.96. The highest BCUT2D eigenvalue weighted by molar-refractivity contribution is 7.11. The highest BCUT2D eigenvalue weighted by Gasteiger charge is 2.10. The molecule has 0 atom stereocenters. The highest BCUT2D eigenvalue weighted by atomic mass is 32.1. The van der Waals surface area contributed by atoms with Gasteiger partial charge in [-0.25, -0.2) is 4.98 Å². The largest absolute Gasteiger partial charge is 0.356 e. The third-order valence-corrected chi connectivity index (χ3v) is 6.34. The zero-order valence-electron chi connectivity index (χ0n) is 17.2. The second-order valence-corrected chi connectivity index (χ2v) is 8.53. The lowest BCUT2D eigenvalue weighted by Gasteiger charge is -2.26. The van der Waals surface area contributed by atoms with E-state index in [9.17, 15) is 0 Å². The lowest BCUT2D eigenvalue weighted by molar-refractivity contribution is 0.221. The van der Waals surface area contributed by atoms with Crippen LogP contribution in [0.2, 0.25) is 0 Å². The van der Waals surface area contributed by atoms with Crippen LogP contribution < -0.4 is 10.6 Å². The first kappa shape index (κ1) is 20.8. The number of nitrogens with one attached hydrogen (secondary N) is 2. The summed E-state index contributed by atoms with van der Waals surface area (Å²) in [5.74, 6) is 0.838. The molecule has 6 heteroatoms. The minimum Gasteiger partial charge on any atom is -0.356 e. The van der Waals surface area contributed by atoms with Gasteiger partial charge in [0, 0.05) is 44.2 Å². The number of benzene rings is 1. The van der Waals surface area contributed by atoms with Crippen molar-refractivity contribution in [3.05, 3.63) is 51.5 Å². The van der Waals surface area contributed by atoms with Crippen LogP contribution in [0.25, 0.3) is 0 Å². The van der Waals surface area contributed by atoms with E-state index in [4.69, 9.17) is 0 Å². The summed E-state index contributed by atoms with van der Waals surface area (Å²) < 4.78 is 0. The number of hydrogen-bond acceptors (Lipinski definition) is 4. The molecule has 1 aromatic heterocycles. The van der Waals surface area contributed by atoms with Crippen LogP contribution in [0, 0.1) is 0 Å². The second-order valence-electron chi connectivity index (χ2n) is 7.33. The van der Waals surface area contributed by atoms with Gasteiger partial charge in [0.05, 0.1) is 5.01 Å². The Morgan fingerprint density at radius 1 is 1.11 bits per heavy atom. The molecule has 1 fully saturated rings. The van der Waals surface area contributed by atoms with Gasteiger partial charge in [-0.2, -0.15) is 0 Å². The zero-order valence-corrected chi connectivity index (χ0v) is 18.0. The molecule has 5 nitrogen and oxygen atoms in total. The van der Waals surface area contributed by atoms with Gasteiger partial charge in [0.25, 0.3) is 0 Å². The first-order valence-electron chi connectivity index (χ1n) is 10.4. The van der Waals surface area contributed by atoms with Crippen LogP contribution in [0.1, 0.15) is 47.2 Å². The maximum atomic E-state index is 4.47. The van der Waals surface area contributed by atoms with E-state index < -0.39 is 0 Å². The maximum Gasteiger partial charge on any atom is 0.191 e. The van der Waals surface area contributed by atoms with Crippen LogP contribution in [-0.2, 0) is 25.9 Å². The topological polar surface area (TPSA) is 52.6 Å². The highest BCUT2D eigenvalue weighted by Crippen LogP contribution is 2.14. The minimum absolute atomic E-state index is 0.779. The zero-order chi connectivity index (χ0) is 19.6. The normalized spacial score (nSPS) is 15.6.